The summed E-state index contributed by atoms with van der Waals surface area (Å²) in [5.74, 6) is 0.533. The lowest BCUT2D eigenvalue weighted by atomic mass is 9.84. The van der Waals surface area contributed by atoms with Crippen LogP contribution in [-0.2, 0) is 24.4 Å². The predicted molar refractivity (Wildman–Crippen MR) is 90.1 cm³/mol. The molecule has 3 amide bonds. The van der Waals surface area contributed by atoms with E-state index in [4.69, 9.17) is 0 Å². The molecule has 1 aliphatic heterocycles. The third-order valence-electron chi connectivity index (χ3n) is 5.03. The van der Waals surface area contributed by atoms with Gasteiger partial charge in [0.15, 0.2) is 0 Å². The lowest BCUT2D eigenvalue weighted by Gasteiger charge is -2.34. The minimum absolute atomic E-state index is 0.159. The molecule has 1 aromatic rings. The first-order valence-electron chi connectivity index (χ1n) is 8.95. The average Bonchev–Trinajstić information content (AvgIpc) is 2.93. The lowest BCUT2D eigenvalue weighted by molar-refractivity contribution is -0.139. The number of nitrogens with one attached hydrogen (secondary N) is 2. The molecule has 1 aromatic heterocycles. The highest BCUT2D eigenvalue weighted by atomic mass is 16.2. The number of carbonyl (C=O) groups excluding carboxylic acids is 2. The molecular formula is C17H27N5O2. The molecule has 0 unspecified atom stereocenters. The minimum atomic E-state index is -0.169. The molecule has 2 aliphatic rings. The van der Waals surface area contributed by atoms with Crippen molar-refractivity contribution in [3.05, 3.63) is 17.5 Å². The fourth-order valence-corrected chi connectivity index (χ4v) is 3.06. The minimum Gasteiger partial charge on any atom is -0.336 e. The molecule has 0 spiro atoms. The number of carbonyl (C=O) groups is 2. The summed E-state index contributed by atoms with van der Waals surface area (Å²) >= 11 is 0. The number of fused-ring (bicyclic) bond motifs is 1. The van der Waals surface area contributed by atoms with Crippen LogP contribution in [0, 0.1) is 5.92 Å². The Morgan fingerprint density at radius 2 is 2.17 bits per heavy atom. The molecule has 7 nitrogen and oxygen atoms in total. The molecule has 1 atom stereocenters. The maximum absolute atomic E-state index is 12.4. The average molecular weight is 333 g/mol. The van der Waals surface area contributed by atoms with Gasteiger partial charge in [0, 0.05) is 18.5 Å². The van der Waals surface area contributed by atoms with E-state index in [1.165, 1.54) is 6.42 Å². The third-order valence-corrected chi connectivity index (χ3v) is 5.03. The Balaban J connectivity index is 1.53. The van der Waals surface area contributed by atoms with Crippen LogP contribution in [0.4, 0.5) is 4.79 Å². The largest absolute Gasteiger partial charge is 0.336 e. The van der Waals surface area contributed by atoms with E-state index < -0.39 is 0 Å². The molecule has 0 saturated heterocycles. The lowest BCUT2D eigenvalue weighted by Crippen LogP contribution is -2.43. The molecule has 7 heteroatoms. The van der Waals surface area contributed by atoms with Gasteiger partial charge in [-0.1, -0.05) is 13.3 Å². The van der Waals surface area contributed by atoms with Crippen molar-refractivity contribution >= 4 is 11.9 Å². The highest BCUT2D eigenvalue weighted by Crippen LogP contribution is 2.29. The summed E-state index contributed by atoms with van der Waals surface area (Å²) in [4.78, 5) is 26.1. The highest BCUT2D eigenvalue weighted by molar-refractivity contribution is 5.79. The van der Waals surface area contributed by atoms with Crippen LogP contribution in [0.3, 0.4) is 0 Å². The zero-order valence-corrected chi connectivity index (χ0v) is 14.5. The molecule has 3 rings (SSSR count). The van der Waals surface area contributed by atoms with Gasteiger partial charge in [0.05, 0.1) is 31.0 Å². The Kier molecular flexibility index (Phi) is 5.06. The molecule has 1 aliphatic carbocycles. The van der Waals surface area contributed by atoms with Crippen LogP contribution in [0.15, 0.2) is 6.07 Å². The standard InChI is InChI=1S/C17H27N5O2/c1-3-12(2)19-17(24)18-10-14-9-15-11-21(7-8-22(15)20-14)16(23)13-5-4-6-13/h9,12-13H,3-8,10-11H2,1-2H3,(H2,18,19,24)/t12-/m0/s1. The normalized spacial score (nSPS) is 18.5. The van der Waals surface area contributed by atoms with Crippen LogP contribution in [0.5, 0.6) is 0 Å². The summed E-state index contributed by atoms with van der Waals surface area (Å²) in [6, 6.07) is 1.98. The molecule has 2 heterocycles. The third kappa shape index (κ3) is 3.71. The van der Waals surface area contributed by atoms with Gasteiger partial charge in [-0.25, -0.2) is 4.79 Å². The SMILES string of the molecule is CC[C@H](C)NC(=O)NCc1cc2n(n1)CCN(C(=O)C1CCC1)C2. The van der Waals surface area contributed by atoms with Gasteiger partial charge in [-0.15, -0.1) is 0 Å². The Labute approximate surface area is 142 Å². The zero-order chi connectivity index (χ0) is 17.1. The van der Waals surface area contributed by atoms with Gasteiger partial charge >= 0.3 is 6.03 Å². The summed E-state index contributed by atoms with van der Waals surface area (Å²) in [6.45, 7) is 6.49. The molecule has 24 heavy (non-hydrogen) atoms. The second kappa shape index (κ2) is 7.23. The predicted octanol–water partition coefficient (Wildman–Crippen LogP) is 1.62. The van der Waals surface area contributed by atoms with Crippen molar-refractivity contribution in [2.45, 2.75) is 65.2 Å². The van der Waals surface area contributed by atoms with Crippen molar-refractivity contribution in [1.29, 1.82) is 0 Å². The molecule has 1 fully saturated rings. The van der Waals surface area contributed by atoms with Crippen molar-refractivity contribution in [2.75, 3.05) is 6.54 Å². The van der Waals surface area contributed by atoms with E-state index in [9.17, 15) is 9.59 Å². The van der Waals surface area contributed by atoms with Crippen LogP contribution >= 0.6 is 0 Å². The van der Waals surface area contributed by atoms with Crippen LogP contribution in [0.2, 0.25) is 0 Å². The fourth-order valence-electron chi connectivity index (χ4n) is 3.06. The Morgan fingerprint density at radius 1 is 1.38 bits per heavy atom. The Morgan fingerprint density at radius 3 is 2.83 bits per heavy atom. The van der Waals surface area contributed by atoms with Gasteiger partial charge < -0.3 is 15.5 Å². The summed E-state index contributed by atoms with van der Waals surface area (Å²) in [5, 5.41) is 10.2. The maximum atomic E-state index is 12.4. The van der Waals surface area contributed by atoms with E-state index in [1.54, 1.807) is 0 Å². The number of urea groups is 1. The molecular weight excluding hydrogens is 306 g/mol. The van der Waals surface area contributed by atoms with E-state index in [0.717, 1.165) is 43.7 Å². The van der Waals surface area contributed by atoms with Crippen LogP contribution in [0.1, 0.15) is 50.9 Å². The first-order chi connectivity index (χ1) is 11.6. The van der Waals surface area contributed by atoms with Crippen molar-refractivity contribution < 1.29 is 9.59 Å². The van der Waals surface area contributed by atoms with Gasteiger partial charge in [-0.05, 0) is 32.3 Å². The van der Waals surface area contributed by atoms with Crippen LogP contribution < -0.4 is 10.6 Å². The Bertz CT molecular complexity index is 608. The number of aromatic nitrogens is 2. The second-order valence-corrected chi connectivity index (χ2v) is 6.87. The quantitative estimate of drug-likeness (QED) is 0.859. The number of hydrogen-bond donors (Lipinski definition) is 2. The van der Waals surface area contributed by atoms with Gasteiger partial charge in [0.2, 0.25) is 5.91 Å². The first kappa shape index (κ1) is 16.8. The zero-order valence-electron chi connectivity index (χ0n) is 14.5. The van der Waals surface area contributed by atoms with Gasteiger partial charge in [0.1, 0.15) is 0 Å². The summed E-state index contributed by atoms with van der Waals surface area (Å²) < 4.78 is 1.95. The second-order valence-electron chi connectivity index (χ2n) is 6.87. The smallest absolute Gasteiger partial charge is 0.315 e. The van der Waals surface area contributed by atoms with E-state index in [2.05, 4.69) is 15.7 Å². The summed E-state index contributed by atoms with van der Waals surface area (Å²) in [6.07, 6.45) is 4.15. The van der Waals surface area contributed by atoms with E-state index in [-0.39, 0.29) is 18.0 Å². The molecule has 132 valence electrons. The molecule has 0 radical (unpaired) electrons. The van der Waals surface area contributed by atoms with E-state index in [0.29, 0.717) is 19.0 Å². The summed E-state index contributed by atoms with van der Waals surface area (Å²) in [5.41, 5.74) is 1.88. The van der Waals surface area contributed by atoms with Crippen LogP contribution in [0.25, 0.3) is 0 Å². The van der Waals surface area contributed by atoms with Crippen molar-refractivity contribution in [3.8, 4) is 0 Å². The first-order valence-corrected chi connectivity index (χ1v) is 8.95. The number of rotatable bonds is 5. The van der Waals surface area contributed by atoms with Gasteiger partial charge in [0.25, 0.3) is 0 Å². The number of nitrogens with zero attached hydrogens (tertiary/aromatic N) is 3. The van der Waals surface area contributed by atoms with Crippen molar-refractivity contribution in [2.24, 2.45) is 5.92 Å². The number of amides is 3. The van der Waals surface area contributed by atoms with Crippen LogP contribution in [-0.4, -0.2) is 39.2 Å². The monoisotopic (exact) mass is 333 g/mol. The van der Waals surface area contributed by atoms with Gasteiger partial charge in [-0.3, -0.25) is 9.48 Å². The van der Waals surface area contributed by atoms with Crippen molar-refractivity contribution in [1.82, 2.24) is 25.3 Å². The van der Waals surface area contributed by atoms with Gasteiger partial charge in [-0.2, -0.15) is 5.10 Å². The highest BCUT2D eigenvalue weighted by Gasteiger charge is 2.31. The number of hydrogen-bond acceptors (Lipinski definition) is 3. The molecule has 0 aromatic carbocycles. The van der Waals surface area contributed by atoms with Crippen molar-refractivity contribution in [3.63, 3.8) is 0 Å². The van der Waals surface area contributed by atoms with E-state index in [1.807, 2.05) is 29.5 Å². The Hall–Kier alpha value is -2.05. The summed E-state index contributed by atoms with van der Waals surface area (Å²) in [7, 11) is 0. The van der Waals surface area contributed by atoms with E-state index >= 15 is 0 Å². The molecule has 1 saturated carbocycles. The molecule has 2 N–H and O–H groups in total. The fraction of sp³-hybridized carbons (Fsp3) is 0.706. The maximum Gasteiger partial charge on any atom is 0.315 e. The topological polar surface area (TPSA) is 79.3 Å². The molecule has 0 bridgehead atoms.